The second-order valence-electron chi connectivity index (χ2n) is 3.08. The Balaban J connectivity index is 3.45. The number of nitrogens with zero attached hydrogens (tertiary/aromatic N) is 1. The molecule has 0 amide bonds. The van der Waals surface area contributed by atoms with Gasteiger partial charge in [0.15, 0.2) is 0 Å². The molecule has 0 saturated heterocycles. The maximum absolute atomic E-state index is 8.61. The number of hydrogen-bond acceptors (Lipinski definition) is 3. The van der Waals surface area contributed by atoms with Gasteiger partial charge in [0.2, 0.25) is 0 Å². The second-order valence-corrected chi connectivity index (χ2v) is 3.61. The van der Waals surface area contributed by atoms with E-state index in [0.29, 0.717) is 4.99 Å². The van der Waals surface area contributed by atoms with Crippen LogP contribution in [0.1, 0.15) is 26.2 Å². The molecule has 0 aromatic heterocycles. The molecule has 0 aromatic rings. The van der Waals surface area contributed by atoms with Crippen LogP contribution in [0.25, 0.3) is 0 Å². The summed E-state index contributed by atoms with van der Waals surface area (Å²) >= 11 is 4.81. The zero-order valence-corrected chi connectivity index (χ0v) is 9.15. The molecule has 0 aliphatic rings. The summed E-state index contributed by atoms with van der Waals surface area (Å²) in [7, 11) is 0. The highest BCUT2D eigenvalue weighted by atomic mass is 32.1. The Hall–Kier alpha value is -0.190. The highest BCUT2D eigenvalue weighted by molar-refractivity contribution is 7.80. The standard InChI is InChI=1S/C9H20N2OS/c1-2-11(6-3-4-8-12)7-5-9(10)13/h12H,2-8H2,1H3,(H2,10,13). The molecule has 0 fully saturated rings. The lowest BCUT2D eigenvalue weighted by Crippen LogP contribution is -2.28. The first-order chi connectivity index (χ1) is 6.20. The molecular weight excluding hydrogens is 184 g/mol. The molecule has 0 aromatic carbocycles. The number of aliphatic hydroxyl groups excluding tert-OH is 1. The SMILES string of the molecule is CCN(CCCCO)CCC(N)=S. The van der Waals surface area contributed by atoms with Crippen molar-refractivity contribution in [1.82, 2.24) is 4.90 Å². The van der Waals surface area contributed by atoms with E-state index in [-0.39, 0.29) is 6.61 Å². The van der Waals surface area contributed by atoms with Crippen LogP contribution in [0.4, 0.5) is 0 Å². The summed E-state index contributed by atoms with van der Waals surface area (Å²) < 4.78 is 0. The molecule has 0 atom stereocenters. The van der Waals surface area contributed by atoms with Gasteiger partial charge in [0.25, 0.3) is 0 Å². The number of rotatable bonds is 8. The van der Waals surface area contributed by atoms with E-state index in [4.69, 9.17) is 23.1 Å². The van der Waals surface area contributed by atoms with Crippen molar-refractivity contribution in [1.29, 1.82) is 0 Å². The molecule has 0 rings (SSSR count). The molecule has 13 heavy (non-hydrogen) atoms. The van der Waals surface area contributed by atoms with Gasteiger partial charge < -0.3 is 15.7 Å². The Kier molecular flexibility index (Phi) is 8.29. The minimum absolute atomic E-state index is 0.285. The van der Waals surface area contributed by atoms with Gasteiger partial charge in [0.05, 0.1) is 4.99 Å². The van der Waals surface area contributed by atoms with E-state index in [1.54, 1.807) is 0 Å². The molecule has 0 radical (unpaired) electrons. The highest BCUT2D eigenvalue weighted by Crippen LogP contribution is 1.96. The minimum atomic E-state index is 0.285. The summed E-state index contributed by atoms with van der Waals surface area (Å²) in [6.07, 6.45) is 2.72. The maximum Gasteiger partial charge on any atom is 0.0740 e. The third kappa shape index (κ3) is 8.15. The van der Waals surface area contributed by atoms with Gasteiger partial charge in [0.1, 0.15) is 0 Å². The van der Waals surface area contributed by atoms with E-state index in [0.717, 1.165) is 38.9 Å². The Labute approximate surface area is 85.9 Å². The third-order valence-corrected chi connectivity index (χ3v) is 2.21. The van der Waals surface area contributed by atoms with Crippen LogP contribution in [-0.4, -0.2) is 41.2 Å². The van der Waals surface area contributed by atoms with Crippen LogP contribution in [-0.2, 0) is 0 Å². The molecule has 0 bridgehead atoms. The van der Waals surface area contributed by atoms with Crippen molar-refractivity contribution >= 4 is 17.2 Å². The lowest BCUT2D eigenvalue weighted by Gasteiger charge is -2.19. The highest BCUT2D eigenvalue weighted by Gasteiger charge is 2.01. The summed E-state index contributed by atoms with van der Waals surface area (Å²) in [5.41, 5.74) is 5.42. The molecule has 0 spiro atoms. The molecule has 4 heteroatoms. The van der Waals surface area contributed by atoms with Crippen molar-refractivity contribution in [2.45, 2.75) is 26.2 Å². The van der Waals surface area contributed by atoms with Gasteiger partial charge in [-0.1, -0.05) is 19.1 Å². The molecule has 0 unspecified atom stereocenters. The first-order valence-electron chi connectivity index (χ1n) is 4.82. The summed E-state index contributed by atoms with van der Waals surface area (Å²) in [5.74, 6) is 0. The molecule has 78 valence electrons. The van der Waals surface area contributed by atoms with Gasteiger partial charge in [-0.3, -0.25) is 0 Å². The van der Waals surface area contributed by atoms with Crippen LogP contribution >= 0.6 is 12.2 Å². The normalized spacial score (nSPS) is 10.7. The molecule has 0 aliphatic carbocycles. The number of nitrogens with two attached hydrogens (primary N) is 1. The first-order valence-corrected chi connectivity index (χ1v) is 5.23. The fraction of sp³-hybridized carbons (Fsp3) is 0.889. The minimum Gasteiger partial charge on any atom is -0.396 e. The fourth-order valence-electron chi connectivity index (χ4n) is 1.14. The molecule has 0 heterocycles. The predicted molar refractivity (Wildman–Crippen MR) is 59.8 cm³/mol. The molecule has 3 N–H and O–H groups in total. The summed E-state index contributed by atoms with van der Waals surface area (Å²) in [6.45, 7) is 5.40. The van der Waals surface area contributed by atoms with E-state index in [2.05, 4.69) is 11.8 Å². The van der Waals surface area contributed by atoms with Gasteiger partial charge in [-0.25, -0.2) is 0 Å². The van der Waals surface area contributed by atoms with Crippen molar-refractivity contribution in [3.8, 4) is 0 Å². The Morgan fingerprint density at radius 2 is 2.08 bits per heavy atom. The monoisotopic (exact) mass is 204 g/mol. The van der Waals surface area contributed by atoms with E-state index in [9.17, 15) is 0 Å². The number of aliphatic hydroxyl groups is 1. The summed E-state index contributed by atoms with van der Waals surface area (Å²) in [5, 5.41) is 8.61. The average molecular weight is 204 g/mol. The zero-order chi connectivity index (χ0) is 10.1. The smallest absolute Gasteiger partial charge is 0.0740 e. The van der Waals surface area contributed by atoms with Gasteiger partial charge in [-0.2, -0.15) is 0 Å². The predicted octanol–water partition coefficient (Wildman–Crippen LogP) is 0.757. The van der Waals surface area contributed by atoms with Gasteiger partial charge >= 0.3 is 0 Å². The van der Waals surface area contributed by atoms with Crippen LogP contribution in [0.15, 0.2) is 0 Å². The van der Waals surface area contributed by atoms with Crippen LogP contribution in [0, 0.1) is 0 Å². The number of thiocarbonyl (C=S) groups is 1. The quantitative estimate of drug-likeness (QED) is 0.453. The van der Waals surface area contributed by atoms with Crippen molar-refractivity contribution in [3.63, 3.8) is 0 Å². The van der Waals surface area contributed by atoms with E-state index in [1.165, 1.54) is 0 Å². The Morgan fingerprint density at radius 1 is 1.38 bits per heavy atom. The molecule has 0 saturated carbocycles. The average Bonchev–Trinajstić information content (AvgIpc) is 2.10. The molecular formula is C9H20N2OS. The molecule has 0 aliphatic heterocycles. The Bertz CT molecular complexity index is 142. The van der Waals surface area contributed by atoms with Crippen molar-refractivity contribution in [2.75, 3.05) is 26.2 Å². The molecule has 3 nitrogen and oxygen atoms in total. The van der Waals surface area contributed by atoms with Crippen molar-refractivity contribution in [3.05, 3.63) is 0 Å². The third-order valence-electron chi connectivity index (χ3n) is 2.00. The zero-order valence-electron chi connectivity index (χ0n) is 8.33. The maximum atomic E-state index is 8.61. The van der Waals surface area contributed by atoms with Crippen LogP contribution in [0.3, 0.4) is 0 Å². The van der Waals surface area contributed by atoms with Crippen LogP contribution in [0.2, 0.25) is 0 Å². The topological polar surface area (TPSA) is 49.5 Å². The second kappa shape index (κ2) is 8.41. The van der Waals surface area contributed by atoms with E-state index < -0.39 is 0 Å². The Morgan fingerprint density at radius 3 is 2.54 bits per heavy atom. The van der Waals surface area contributed by atoms with Crippen molar-refractivity contribution in [2.24, 2.45) is 5.73 Å². The lowest BCUT2D eigenvalue weighted by atomic mass is 10.3. The first kappa shape index (κ1) is 12.8. The van der Waals surface area contributed by atoms with Crippen LogP contribution in [0.5, 0.6) is 0 Å². The van der Waals surface area contributed by atoms with E-state index in [1.807, 2.05) is 0 Å². The van der Waals surface area contributed by atoms with Crippen LogP contribution < -0.4 is 5.73 Å². The van der Waals surface area contributed by atoms with Gasteiger partial charge in [0, 0.05) is 19.6 Å². The van der Waals surface area contributed by atoms with E-state index >= 15 is 0 Å². The summed E-state index contributed by atoms with van der Waals surface area (Å²) in [4.78, 5) is 2.88. The van der Waals surface area contributed by atoms with Gasteiger partial charge in [-0.15, -0.1) is 0 Å². The summed E-state index contributed by atoms with van der Waals surface area (Å²) in [6, 6.07) is 0. The lowest BCUT2D eigenvalue weighted by molar-refractivity contribution is 0.251. The van der Waals surface area contributed by atoms with Gasteiger partial charge in [-0.05, 0) is 25.9 Å². The fourth-order valence-corrected chi connectivity index (χ4v) is 1.23. The van der Waals surface area contributed by atoms with Crippen molar-refractivity contribution < 1.29 is 5.11 Å². The largest absolute Gasteiger partial charge is 0.396 e. The number of unbranched alkanes of at least 4 members (excludes halogenated alkanes) is 1. The number of hydrogen-bond donors (Lipinski definition) is 2.